The fourth-order valence-electron chi connectivity index (χ4n) is 1.68. The van der Waals surface area contributed by atoms with Crippen LogP contribution in [0, 0.1) is 0 Å². The van der Waals surface area contributed by atoms with Crippen LogP contribution in [0.25, 0.3) is 0 Å². The molecule has 0 aromatic carbocycles. The fraction of sp³-hybridized carbons (Fsp3) is 0.600. The third kappa shape index (κ3) is 2.57. The Bertz CT molecular complexity index is 302. The molecule has 0 unspecified atom stereocenters. The second kappa shape index (κ2) is 4.75. The summed E-state index contributed by atoms with van der Waals surface area (Å²) >= 11 is 5.24. The molecule has 4 heteroatoms. The van der Waals surface area contributed by atoms with E-state index >= 15 is 0 Å². The Morgan fingerprint density at radius 2 is 2.57 bits per heavy atom. The van der Waals surface area contributed by atoms with Crippen LogP contribution in [-0.2, 0) is 11.3 Å². The molecule has 0 radical (unpaired) electrons. The number of halogens is 1. The zero-order chi connectivity index (χ0) is 9.97. The van der Waals surface area contributed by atoms with E-state index in [4.69, 9.17) is 4.74 Å². The van der Waals surface area contributed by atoms with Crippen molar-refractivity contribution in [3.05, 3.63) is 20.8 Å². The summed E-state index contributed by atoms with van der Waals surface area (Å²) in [5.41, 5.74) is 0. The molecule has 0 bridgehead atoms. The van der Waals surface area contributed by atoms with Crippen molar-refractivity contribution in [1.29, 1.82) is 0 Å². The van der Waals surface area contributed by atoms with Gasteiger partial charge in [-0.15, -0.1) is 11.3 Å². The molecule has 1 aromatic rings. The van der Waals surface area contributed by atoms with E-state index in [1.807, 2.05) is 0 Å². The molecule has 1 aliphatic rings. The molecule has 2 nitrogen and oxygen atoms in total. The van der Waals surface area contributed by atoms with Crippen LogP contribution < -0.4 is 5.32 Å². The van der Waals surface area contributed by atoms with Crippen molar-refractivity contribution in [3.8, 4) is 0 Å². The number of hydrogen-bond donors (Lipinski definition) is 1. The maximum atomic E-state index is 5.49. The molecule has 78 valence electrons. The van der Waals surface area contributed by atoms with Gasteiger partial charge >= 0.3 is 0 Å². The number of ether oxygens (including phenoxy) is 1. The van der Waals surface area contributed by atoms with Crippen molar-refractivity contribution in [1.82, 2.24) is 5.32 Å². The van der Waals surface area contributed by atoms with E-state index in [-0.39, 0.29) is 0 Å². The van der Waals surface area contributed by atoms with E-state index < -0.39 is 0 Å². The van der Waals surface area contributed by atoms with Crippen LogP contribution >= 0.6 is 27.3 Å². The molecule has 0 aliphatic carbocycles. The molecule has 1 N–H and O–H groups in total. The van der Waals surface area contributed by atoms with Crippen LogP contribution in [0.5, 0.6) is 0 Å². The first-order valence-corrected chi connectivity index (χ1v) is 6.51. The highest BCUT2D eigenvalue weighted by molar-refractivity contribution is 9.10. The molecule has 14 heavy (non-hydrogen) atoms. The second-order valence-corrected chi connectivity index (χ2v) is 5.49. The average molecular weight is 276 g/mol. The predicted molar refractivity (Wildman–Crippen MR) is 62.7 cm³/mol. The molecule has 1 saturated heterocycles. The Hall–Kier alpha value is 0.1000. The topological polar surface area (TPSA) is 21.3 Å². The van der Waals surface area contributed by atoms with Gasteiger partial charge in [0.05, 0.1) is 6.10 Å². The van der Waals surface area contributed by atoms with Gasteiger partial charge in [0.1, 0.15) is 0 Å². The Kier molecular flexibility index (Phi) is 3.60. The highest BCUT2D eigenvalue weighted by atomic mass is 79.9. The monoisotopic (exact) mass is 275 g/mol. The number of rotatable bonds is 3. The summed E-state index contributed by atoms with van der Waals surface area (Å²) in [5, 5.41) is 5.64. The molecule has 1 aliphatic heterocycles. The minimum absolute atomic E-state index is 0.360. The SMILES string of the molecule is C[C@H]1OCC[C@@H]1NCc1cc(Br)cs1. The van der Waals surface area contributed by atoms with Crippen molar-refractivity contribution in [3.63, 3.8) is 0 Å². The van der Waals surface area contributed by atoms with Crippen molar-refractivity contribution in [2.45, 2.75) is 32.0 Å². The quantitative estimate of drug-likeness (QED) is 0.916. The minimum Gasteiger partial charge on any atom is -0.377 e. The maximum absolute atomic E-state index is 5.49. The minimum atomic E-state index is 0.360. The molecule has 0 spiro atoms. The summed E-state index contributed by atoms with van der Waals surface area (Å²) in [5.74, 6) is 0. The molecule has 0 saturated carbocycles. The van der Waals surface area contributed by atoms with Crippen LogP contribution in [0.4, 0.5) is 0 Å². The third-order valence-corrected chi connectivity index (χ3v) is 4.23. The molecular formula is C10H14BrNOS. The number of hydrogen-bond acceptors (Lipinski definition) is 3. The molecule has 2 atom stereocenters. The lowest BCUT2D eigenvalue weighted by Crippen LogP contribution is -2.33. The van der Waals surface area contributed by atoms with Gasteiger partial charge in [-0.1, -0.05) is 0 Å². The molecule has 2 rings (SSSR count). The number of nitrogens with one attached hydrogen (secondary N) is 1. The van der Waals surface area contributed by atoms with Gasteiger partial charge in [0.25, 0.3) is 0 Å². The van der Waals surface area contributed by atoms with Gasteiger partial charge < -0.3 is 10.1 Å². The molecule has 1 aromatic heterocycles. The summed E-state index contributed by atoms with van der Waals surface area (Å²) in [4.78, 5) is 1.37. The van der Waals surface area contributed by atoms with Crippen molar-refractivity contribution >= 4 is 27.3 Å². The normalized spacial score (nSPS) is 27.0. The Morgan fingerprint density at radius 3 is 3.14 bits per heavy atom. The maximum Gasteiger partial charge on any atom is 0.0700 e. The third-order valence-electron chi connectivity index (χ3n) is 2.54. The summed E-state index contributed by atoms with van der Waals surface area (Å²) < 4.78 is 6.67. The van der Waals surface area contributed by atoms with Crippen LogP contribution in [-0.4, -0.2) is 18.8 Å². The van der Waals surface area contributed by atoms with E-state index in [1.165, 1.54) is 9.35 Å². The standard InChI is InChI=1S/C10H14BrNOS/c1-7-10(2-3-13-7)12-5-9-4-8(11)6-14-9/h4,6-7,10,12H,2-3,5H2,1H3/t7-,10+/m1/s1. The number of thiophene rings is 1. The summed E-state index contributed by atoms with van der Waals surface area (Å²) in [6.45, 7) is 3.98. The first kappa shape index (κ1) is 10.6. The van der Waals surface area contributed by atoms with Crippen LogP contribution in [0.1, 0.15) is 18.2 Å². The van der Waals surface area contributed by atoms with Gasteiger partial charge in [-0.2, -0.15) is 0 Å². The van der Waals surface area contributed by atoms with Crippen molar-refractivity contribution < 1.29 is 4.74 Å². The predicted octanol–water partition coefficient (Wildman–Crippen LogP) is 2.78. The molecule has 0 amide bonds. The van der Waals surface area contributed by atoms with Crippen molar-refractivity contribution in [2.24, 2.45) is 0 Å². The lowest BCUT2D eigenvalue weighted by Gasteiger charge is -2.14. The second-order valence-electron chi connectivity index (χ2n) is 3.58. The van der Waals surface area contributed by atoms with Gasteiger partial charge in [-0.3, -0.25) is 0 Å². The van der Waals surface area contributed by atoms with Crippen LogP contribution in [0.2, 0.25) is 0 Å². The zero-order valence-electron chi connectivity index (χ0n) is 8.13. The van der Waals surface area contributed by atoms with Gasteiger partial charge in [0.15, 0.2) is 0 Å². The van der Waals surface area contributed by atoms with Gasteiger partial charge in [0, 0.05) is 33.9 Å². The van der Waals surface area contributed by atoms with E-state index in [2.05, 4.69) is 39.6 Å². The highest BCUT2D eigenvalue weighted by Crippen LogP contribution is 2.20. The van der Waals surface area contributed by atoms with Gasteiger partial charge in [-0.25, -0.2) is 0 Å². The summed E-state index contributed by atoms with van der Waals surface area (Å²) in [6, 6.07) is 2.69. The van der Waals surface area contributed by atoms with E-state index in [9.17, 15) is 0 Å². The lowest BCUT2D eigenvalue weighted by atomic mass is 10.1. The van der Waals surface area contributed by atoms with E-state index in [0.717, 1.165) is 19.6 Å². The first-order valence-electron chi connectivity index (χ1n) is 4.83. The van der Waals surface area contributed by atoms with Gasteiger partial charge in [-0.05, 0) is 35.3 Å². The highest BCUT2D eigenvalue weighted by Gasteiger charge is 2.23. The Balaban J connectivity index is 1.82. The lowest BCUT2D eigenvalue weighted by molar-refractivity contribution is 0.113. The van der Waals surface area contributed by atoms with E-state index in [0.29, 0.717) is 12.1 Å². The van der Waals surface area contributed by atoms with Crippen LogP contribution in [0.15, 0.2) is 15.9 Å². The van der Waals surface area contributed by atoms with E-state index in [1.54, 1.807) is 11.3 Å². The molecule has 1 fully saturated rings. The molecular weight excluding hydrogens is 262 g/mol. The summed E-state index contributed by atoms with van der Waals surface area (Å²) in [7, 11) is 0. The Morgan fingerprint density at radius 1 is 1.71 bits per heavy atom. The van der Waals surface area contributed by atoms with Gasteiger partial charge in [0.2, 0.25) is 0 Å². The zero-order valence-corrected chi connectivity index (χ0v) is 10.5. The smallest absolute Gasteiger partial charge is 0.0700 e. The fourth-order valence-corrected chi connectivity index (χ4v) is 3.08. The first-order chi connectivity index (χ1) is 6.75. The Labute approximate surface area is 96.8 Å². The largest absolute Gasteiger partial charge is 0.377 e. The summed E-state index contributed by atoms with van der Waals surface area (Å²) in [6.07, 6.45) is 1.49. The van der Waals surface area contributed by atoms with Crippen molar-refractivity contribution in [2.75, 3.05) is 6.61 Å². The average Bonchev–Trinajstić information content (AvgIpc) is 2.72. The molecule has 2 heterocycles. The van der Waals surface area contributed by atoms with Crippen LogP contribution in [0.3, 0.4) is 0 Å².